The van der Waals surface area contributed by atoms with Gasteiger partial charge >= 0.3 is 18.0 Å². The summed E-state index contributed by atoms with van der Waals surface area (Å²) in [5, 5.41) is 38.1. The number of carboxylic acid groups (broad SMARTS) is 2. The standard InChI is InChI=1S/C10H17NO5.C5H9NO3/c1-10(2,3)16-9(15)11-5-6(12)4-7(11)8(13)14;7-3-1-4(5(8)9)6-2-3/h6-7,12H,4-5H2,1-3H3,(H,13,14);3-4,6-7H,1-2H2,(H,8,9)/t6-,7-;3-,4-/m11/s1. The molecule has 2 aliphatic rings. The number of hydrogen-bond donors (Lipinski definition) is 5. The Labute approximate surface area is 145 Å². The molecular weight excluding hydrogens is 336 g/mol. The highest BCUT2D eigenvalue weighted by atomic mass is 16.6. The first kappa shape index (κ1) is 21.1. The van der Waals surface area contributed by atoms with Crippen molar-refractivity contribution in [2.24, 2.45) is 0 Å². The van der Waals surface area contributed by atoms with Crippen molar-refractivity contribution in [2.45, 2.75) is 63.5 Å². The molecule has 0 bridgehead atoms. The van der Waals surface area contributed by atoms with E-state index in [4.69, 9.17) is 20.1 Å². The van der Waals surface area contributed by atoms with Gasteiger partial charge in [0, 0.05) is 19.4 Å². The van der Waals surface area contributed by atoms with Gasteiger partial charge in [-0.1, -0.05) is 0 Å². The zero-order valence-electron chi connectivity index (χ0n) is 14.5. The Morgan fingerprint density at radius 2 is 1.64 bits per heavy atom. The molecule has 5 N–H and O–H groups in total. The lowest BCUT2D eigenvalue weighted by molar-refractivity contribution is -0.142. The van der Waals surface area contributed by atoms with E-state index in [1.807, 2.05) is 0 Å². The Morgan fingerprint density at radius 3 is 2.00 bits per heavy atom. The van der Waals surface area contributed by atoms with Gasteiger partial charge in [-0.2, -0.15) is 0 Å². The third-order valence-corrected chi connectivity index (χ3v) is 3.60. The summed E-state index contributed by atoms with van der Waals surface area (Å²) in [5.41, 5.74) is -0.673. The number of aliphatic carboxylic acids is 2. The highest BCUT2D eigenvalue weighted by Crippen LogP contribution is 2.21. The second kappa shape index (κ2) is 8.45. The fraction of sp³-hybridized carbons (Fsp3) is 0.800. The summed E-state index contributed by atoms with van der Waals surface area (Å²) < 4.78 is 5.06. The number of carbonyl (C=O) groups excluding carboxylic acids is 1. The Hall–Kier alpha value is -1.91. The second-order valence-corrected chi connectivity index (χ2v) is 7.06. The van der Waals surface area contributed by atoms with Gasteiger partial charge in [0.1, 0.15) is 17.7 Å². The molecule has 0 spiro atoms. The van der Waals surface area contributed by atoms with Gasteiger partial charge in [0.05, 0.1) is 18.8 Å². The molecular formula is C15H26N2O8. The Balaban J connectivity index is 0.000000293. The van der Waals surface area contributed by atoms with E-state index in [-0.39, 0.29) is 13.0 Å². The molecule has 2 saturated heterocycles. The molecule has 2 aliphatic heterocycles. The fourth-order valence-corrected chi connectivity index (χ4v) is 2.48. The molecule has 0 aromatic carbocycles. The third-order valence-electron chi connectivity index (χ3n) is 3.60. The molecule has 25 heavy (non-hydrogen) atoms. The summed E-state index contributed by atoms with van der Waals surface area (Å²) in [4.78, 5) is 33.7. The van der Waals surface area contributed by atoms with E-state index in [1.165, 1.54) is 0 Å². The van der Waals surface area contributed by atoms with Gasteiger partial charge in [-0.25, -0.2) is 9.59 Å². The largest absolute Gasteiger partial charge is 0.480 e. The van der Waals surface area contributed by atoms with Crippen molar-refractivity contribution in [2.75, 3.05) is 13.1 Å². The average molecular weight is 362 g/mol. The van der Waals surface area contributed by atoms with Crippen molar-refractivity contribution in [3.05, 3.63) is 0 Å². The van der Waals surface area contributed by atoms with E-state index in [9.17, 15) is 19.5 Å². The topological polar surface area (TPSA) is 157 Å². The number of rotatable bonds is 2. The number of aliphatic hydroxyl groups is 2. The van der Waals surface area contributed by atoms with Crippen molar-refractivity contribution >= 4 is 18.0 Å². The number of β-amino-alcohol motifs (C(OH)–C–C–N with tert-alkyl or cyclic N) is 2. The summed E-state index contributed by atoms with van der Waals surface area (Å²) in [5.74, 6) is -2.01. The molecule has 1 amide bonds. The van der Waals surface area contributed by atoms with Crippen LogP contribution >= 0.6 is 0 Å². The number of nitrogens with zero attached hydrogens (tertiary/aromatic N) is 1. The molecule has 0 unspecified atom stereocenters. The normalized spacial score (nSPS) is 28.9. The summed E-state index contributed by atoms with van der Waals surface area (Å²) >= 11 is 0. The van der Waals surface area contributed by atoms with E-state index in [2.05, 4.69) is 5.32 Å². The van der Waals surface area contributed by atoms with Gasteiger partial charge in [-0.15, -0.1) is 0 Å². The van der Waals surface area contributed by atoms with Crippen LogP contribution in [0.15, 0.2) is 0 Å². The molecule has 4 atom stereocenters. The van der Waals surface area contributed by atoms with E-state index in [0.29, 0.717) is 13.0 Å². The minimum atomic E-state index is -1.12. The summed E-state index contributed by atoms with van der Waals surface area (Å²) in [7, 11) is 0. The fourth-order valence-electron chi connectivity index (χ4n) is 2.48. The van der Waals surface area contributed by atoms with Gasteiger partial charge < -0.3 is 30.5 Å². The smallest absolute Gasteiger partial charge is 0.411 e. The zero-order valence-corrected chi connectivity index (χ0v) is 14.5. The first-order valence-corrected chi connectivity index (χ1v) is 7.95. The van der Waals surface area contributed by atoms with Gasteiger partial charge in [0.2, 0.25) is 0 Å². The average Bonchev–Trinajstić information content (AvgIpc) is 3.03. The van der Waals surface area contributed by atoms with Gasteiger partial charge in [-0.05, 0) is 20.8 Å². The molecule has 2 heterocycles. The third kappa shape index (κ3) is 6.85. The van der Waals surface area contributed by atoms with Crippen LogP contribution in [0.3, 0.4) is 0 Å². The Kier molecular flexibility index (Phi) is 7.15. The number of amides is 1. The van der Waals surface area contributed by atoms with Crippen LogP contribution in [-0.4, -0.2) is 86.3 Å². The Bertz CT molecular complexity index is 504. The van der Waals surface area contributed by atoms with Gasteiger partial charge in [-0.3, -0.25) is 9.69 Å². The SMILES string of the molecule is CC(C)(C)OC(=O)N1C[C@H](O)C[C@@H]1C(=O)O.O=C(O)[C@H]1C[C@@H](O)CN1. The molecule has 0 aromatic rings. The lowest BCUT2D eigenvalue weighted by Gasteiger charge is -2.26. The molecule has 10 heteroatoms. The minimum Gasteiger partial charge on any atom is -0.480 e. The lowest BCUT2D eigenvalue weighted by Crippen LogP contribution is -2.43. The van der Waals surface area contributed by atoms with Crippen LogP contribution < -0.4 is 5.32 Å². The number of hydrogen-bond acceptors (Lipinski definition) is 7. The van der Waals surface area contributed by atoms with Gasteiger partial charge in [0.15, 0.2) is 0 Å². The van der Waals surface area contributed by atoms with Crippen LogP contribution in [0.2, 0.25) is 0 Å². The predicted molar refractivity (Wildman–Crippen MR) is 85.0 cm³/mol. The number of carboxylic acids is 2. The maximum atomic E-state index is 11.7. The number of ether oxygens (including phenoxy) is 1. The highest BCUT2D eigenvalue weighted by Gasteiger charge is 2.40. The summed E-state index contributed by atoms with van der Waals surface area (Å²) in [6.45, 7) is 5.51. The molecule has 2 fully saturated rings. The predicted octanol–water partition coefficient (Wildman–Crippen LogP) is -0.765. The number of likely N-dealkylation sites (tertiary alicyclic amines) is 1. The second-order valence-electron chi connectivity index (χ2n) is 7.06. The number of nitrogens with one attached hydrogen (secondary N) is 1. The van der Waals surface area contributed by atoms with Gasteiger partial charge in [0.25, 0.3) is 0 Å². The molecule has 2 rings (SSSR count). The molecule has 0 saturated carbocycles. The van der Waals surface area contributed by atoms with Crippen LogP contribution in [0.1, 0.15) is 33.6 Å². The van der Waals surface area contributed by atoms with Crippen molar-refractivity contribution < 1.29 is 39.5 Å². The van der Waals surface area contributed by atoms with Crippen LogP contribution in [-0.2, 0) is 14.3 Å². The van der Waals surface area contributed by atoms with Crippen LogP contribution in [0.4, 0.5) is 4.79 Å². The van der Waals surface area contributed by atoms with Crippen LogP contribution in [0.5, 0.6) is 0 Å². The maximum Gasteiger partial charge on any atom is 0.411 e. The molecule has 144 valence electrons. The summed E-state index contributed by atoms with van der Waals surface area (Å²) in [6, 6.07) is -1.54. The number of carbonyl (C=O) groups is 3. The molecule has 10 nitrogen and oxygen atoms in total. The maximum absolute atomic E-state index is 11.7. The monoisotopic (exact) mass is 362 g/mol. The highest BCUT2D eigenvalue weighted by molar-refractivity contribution is 5.81. The first-order chi connectivity index (χ1) is 11.4. The minimum absolute atomic E-state index is 0.00583. The molecule has 0 aliphatic carbocycles. The quantitative estimate of drug-likeness (QED) is 0.426. The van der Waals surface area contributed by atoms with Crippen LogP contribution in [0.25, 0.3) is 0 Å². The number of aliphatic hydroxyl groups excluding tert-OH is 2. The molecule has 0 aromatic heterocycles. The lowest BCUT2D eigenvalue weighted by atomic mass is 10.2. The van der Waals surface area contributed by atoms with E-state index in [1.54, 1.807) is 20.8 Å². The Morgan fingerprint density at radius 1 is 1.04 bits per heavy atom. The molecule has 0 radical (unpaired) electrons. The zero-order chi connectivity index (χ0) is 19.4. The van der Waals surface area contributed by atoms with Crippen molar-refractivity contribution in [1.82, 2.24) is 10.2 Å². The van der Waals surface area contributed by atoms with E-state index < -0.39 is 47.9 Å². The van der Waals surface area contributed by atoms with Crippen molar-refractivity contribution in [3.8, 4) is 0 Å². The van der Waals surface area contributed by atoms with E-state index >= 15 is 0 Å². The van der Waals surface area contributed by atoms with Crippen LogP contribution in [0, 0.1) is 0 Å². The van der Waals surface area contributed by atoms with Crippen molar-refractivity contribution in [1.29, 1.82) is 0 Å². The van der Waals surface area contributed by atoms with E-state index in [0.717, 1.165) is 4.90 Å². The summed E-state index contributed by atoms with van der Waals surface area (Å²) in [6.07, 6.45) is -1.60. The van der Waals surface area contributed by atoms with Crippen molar-refractivity contribution in [3.63, 3.8) is 0 Å². The first-order valence-electron chi connectivity index (χ1n) is 7.95.